The summed E-state index contributed by atoms with van der Waals surface area (Å²) in [4.78, 5) is 26.3. The number of aromatic nitrogens is 1. The first-order valence-corrected chi connectivity index (χ1v) is 13.7. The molecule has 0 spiro atoms. The molecule has 0 aliphatic carbocycles. The summed E-state index contributed by atoms with van der Waals surface area (Å²) in [6.07, 6.45) is 2.06. The highest BCUT2D eigenvalue weighted by Gasteiger charge is 2.28. The van der Waals surface area contributed by atoms with Crippen LogP contribution in [0.2, 0.25) is 0 Å². The molecule has 0 N–H and O–H groups in total. The highest BCUT2D eigenvalue weighted by Crippen LogP contribution is 2.45. The van der Waals surface area contributed by atoms with Gasteiger partial charge in [0.05, 0.1) is 29.3 Å². The summed E-state index contributed by atoms with van der Waals surface area (Å²) in [7, 11) is 1.36. The zero-order valence-corrected chi connectivity index (χ0v) is 23.3. The number of nitrogens with zero attached hydrogens (tertiary/aromatic N) is 2. The average molecular weight is 561 g/mol. The van der Waals surface area contributed by atoms with E-state index in [0.717, 1.165) is 44.5 Å². The first kappa shape index (κ1) is 27.0. The molecule has 0 unspecified atom stereocenters. The van der Waals surface area contributed by atoms with E-state index < -0.39 is 5.97 Å². The molecule has 4 aromatic carbocycles. The fourth-order valence-electron chi connectivity index (χ4n) is 5.46. The highest BCUT2D eigenvalue weighted by atomic mass is 19.1. The Morgan fingerprint density at radius 2 is 1.62 bits per heavy atom. The Morgan fingerprint density at radius 1 is 0.881 bits per heavy atom. The van der Waals surface area contributed by atoms with Crippen LogP contribution in [0.5, 0.6) is 5.75 Å². The minimum absolute atomic E-state index is 0.0124. The number of fused-ring (bicyclic) bond motifs is 1. The smallest absolute Gasteiger partial charge is 0.337 e. The number of hydrogen-bond donors (Lipinski definition) is 0. The second-order valence-corrected chi connectivity index (χ2v) is 10.2. The molecule has 0 radical (unpaired) electrons. The topological polar surface area (TPSA) is 60.8 Å². The van der Waals surface area contributed by atoms with Gasteiger partial charge in [-0.3, -0.25) is 4.79 Å². The maximum absolute atomic E-state index is 14.1. The normalized spacial score (nSPS) is 12.8. The molecule has 42 heavy (non-hydrogen) atoms. The summed E-state index contributed by atoms with van der Waals surface area (Å²) in [6.45, 7) is 2.86. The van der Waals surface area contributed by atoms with Crippen molar-refractivity contribution in [3.8, 4) is 22.6 Å². The fraction of sp³-hybridized carbons (Fsp3) is 0.143. The first-order valence-electron chi connectivity index (χ1n) is 13.7. The van der Waals surface area contributed by atoms with Crippen molar-refractivity contribution < 1.29 is 23.5 Å². The van der Waals surface area contributed by atoms with Gasteiger partial charge in [0, 0.05) is 31.3 Å². The Labute approximate surface area is 243 Å². The quantitative estimate of drug-likeness (QED) is 0.200. The van der Waals surface area contributed by atoms with Crippen LogP contribution in [-0.4, -0.2) is 41.5 Å². The monoisotopic (exact) mass is 560 g/mol. The predicted octanol–water partition coefficient (Wildman–Crippen LogP) is 7.05. The number of methoxy groups -OCH3 is 1. The van der Waals surface area contributed by atoms with Gasteiger partial charge in [0.1, 0.15) is 18.2 Å². The molecule has 210 valence electrons. The summed E-state index contributed by atoms with van der Waals surface area (Å²) < 4.78 is 27.5. The Morgan fingerprint density at radius 3 is 2.29 bits per heavy atom. The number of amides is 1. The van der Waals surface area contributed by atoms with Gasteiger partial charge in [-0.2, -0.15) is 0 Å². The number of rotatable bonds is 7. The maximum Gasteiger partial charge on any atom is 0.337 e. The molecule has 7 heteroatoms. The van der Waals surface area contributed by atoms with Crippen molar-refractivity contribution in [3.05, 3.63) is 126 Å². The Balaban J connectivity index is 1.62. The van der Waals surface area contributed by atoms with Crippen LogP contribution in [0, 0.1) is 5.82 Å². The van der Waals surface area contributed by atoms with Crippen LogP contribution >= 0.6 is 0 Å². The zero-order chi connectivity index (χ0) is 29.2. The van der Waals surface area contributed by atoms with Gasteiger partial charge in [0.15, 0.2) is 0 Å². The molecule has 1 aromatic heterocycles. The lowest BCUT2D eigenvalue weighted by atomic mass is 9.97. The van der Waals surface area contributed by atoms with E-state index in [1.54, 1.807) is 36.1 Å². The van der Waals surface area contributed by atoms with E-state index in [2.05, 4.69) is 10.6 Å². The van der Waals surface area contributed by atoms with Crippen molar-refractivity contribution >= 4 is 28.4 Å². The lowest BCUT2D eigenvalue weighted by molar-refractivity contribution is -0.127. The molecule has 0 saturated heterocycles. The summed E-state index contributed by atoms with van der Waals surface area (Å²) >= 11 is 0. The molecule has 6 nitrogen and oxygen atoms in total. The van der Waals surface area contributed by atoms with E-state index in [4.69, 9.17) is 9.47 Å². The van der Waals surface area contributed by atoms with Crippen LogP contribution in [0.4, 0.5) is 4.39 Å². The van der Waals surface area contributed by atoms with E-state index in [0.29, 0.717) is 31.0 Å². The van der Waals surface area contributed by atoms with E-state index in [1.165, 1.54) is 19.2 Å². The minimum Gasteiger partial charge on any atom is -0.488 e. The van der Waals surface area contributed by atoms with Crippen molar-refractivity contribution in [2.45, 2.75) is 13.5 Å². The van der Waals surface area contributed by atoms with Gasteiger partial charge in [-0.25, -0.2) is 9.18 Å². The number of carbonyl (C=O) groups excluding carboxylic acids is 2. The van der Waals surface area contributed by atoms with Crippen LogP contribution in [0.15, 0.2) is 103 Å². The molecule has 1 aliphatic rings. The lowest BCUT2D eigenvalue weighted by Gasteiger charge is -2.17. The van der Waals surface area contributed by atoms with Crippen LogP contribution in [-0.2, 0) is 16.1 Å². The Bertz CT molecular complexity index is 1810. The number of benzene rings is 4. The largest absolute Gasteiger partial charge is 0.488 e. The lowest BCUT2D eigenvalue weighted by Crippen LogP contribution is -2.26. The highest BCUT2D eigenvalue weighted by molar-refractivity contribution is 6.07. The number of ether oxygens (including phenoxy) is 2. The molecule has 6 rings (SSSR count). The first-order chi connectivity index (χ1) is 20.4. The van der Waals surface area contributed by atoms with Gasteiger partial charge in [0.2, 0.25) is 5.91 Å². The third-order valence-corrected chi connectivity index (χ3v) is 7.54. The van der Waals surface area contributed by atoms with E-state index in [-0.39, 0.29) is 11.7 Å². The van der Waals surface area contributed by atoms with Gasteiger partial charge in [0.25, 0.3) is 0 Å². The standard InChI is InChI=1S/C35H29FN2O4/c1-23(39)37-20-19-27(21-37)34-32(25-11-13-26(14-12-25)35(40)41-2)33-30(38(34)29-17-15-28(36)16-18-29)9-6-10-31(33)42-22-24-7-4-3-5-8-24/h3-19H,20-22H2,1-2H3. The molecule has 2 heterocycles. The molecular formula is C35H29FN2O4. The molecule has 0 atom stereocenters. The van der Waals surface area contributed by atoms with Crippen molar-refractivity contribution in [2.75, 3.05) is 20.2 Å². The van der Waals surface area contributed by atoms with Crippen molar-refractivity contribution in [2.24, 2.45) is 0 Å². The fourth-order valence-corrected chi connectivity index (χ4v) is 5.46. The van der Waals surface area contributed by atoms with Crippen LogP contribution in [0.25, 0.3) is 33.3 Å². The molecule has 1 aliphatic heterocycles. The second kappa shape index (κ2) is 11.4. The molecule has 5 aromatic rings. The van der Waals surface area contributed by atoms with Crippen molar-refractivity contribution in [1.29, 1.82) is 0 Å². The SMILES string of the molecule is COC(=O)c1ccc(-c2c(C3=CCN(C(C)=O)C3)n(-c3ccc(F)cc3)c3cccc(OCc4ccccc4)c23)cc1. The Hall–Kier alpha value is -5.17. The molecule has 0 saturated carbocycles. The van der Waals surface area contributed by atoms with E-state index in [1.807, 2.05) is 60.7 Å². The van der Waals surface area contributed by atoms with Gasteiger partial charge >= 0.3 is 5.97 Å². The van der Waals surface area contributed by atoms with Gasteiger partial charge in [-0.15, -0.1) is 0 Å². The summed E-state index contributed by atoms with van der Waals surface area (Å²) in [5.74, 6) is -0.0720. The Kier molecular flexibility index (Phi) is 7.32. The molecular weight excluding hydrogens is 531 g/mol. The number of carbonyl (C=O) groups is 2. The van der Waals surface area contributed by atoms with Crippen LogP contribution < -0.4 is 4.74 Å². The number of esters is 1. The third kappa shape index (κ3) is 5.05. The zero-order valence-electron chi connectivity index (χ0n) is 23.3. The third-order valence-electron chi connectivity index (χ3n) is 7.54. The maximum atomic E-state index is 14.1. The predicted molar refractivity (Wildman–Crippen MR) is 161 cm³/mol. The number of hydrogen-bond acceptors (Lipinski definition) is 4. The van der Waals surface area contributed by atoms with Crippen molar-refractivity contribution in [1.82, 2.24) is 9.47 Å². The number of halogens is 1. The van der Waals surface area contributed by atoms with E-state index in [9.17, 15) is 14.0 Å². The molecule has 0 bridgehead atoms. The summed E-state index contributed by atoms with van der Waals surface area (Å²) in [5, 5.41) is 0.876. The van der Waals surface area contributed by atoms with Gasteiger partial charge in [-0.1, -0.05) is 54.6 Å². The molecule has 0 fully saturated rings. The van der Waals surface area contributed by atoms with Gasteiger partial charge in [-0.05, 0) is 65.2 Å². The second-order valence-electron chi connectivity index (χ2n) is 10.2. The van der Waals surface area contributed by atoms with Gasteiger partial charge < -0.3 is 18.9 Å². The summed E-state index contributed by atoms with van der Waals surface area (Å²) in [5.41, 5.74) is 6.72. The molecule has 1 amide bonds. The van der Waals surface area contributed by atoms with Crippen LogP contribution in [0.3, 0.4) is 0 Å². The average Bonchev–Trinajstić information content (AvgIpc) is 3.64. The van der Waals surface area contributed by atoms with E-state index >= 15 is 0 Å². The van der Waals surface area contributed by atoms with Crippen LogP contribution in [0.1, 0.15) is 28.5 Å². The van der Waals surface area contributed by atoms with Crippen molar-refractivity contribution in [3.63, 3.8) is 0 Å². The minimum atomic E-state index is -0.419. The summed E-state index contributed by atoms with van der Waals surface area (Å²) in [6, 6.07) is 29.5.